The van der Waals surface area contributed by atoms with Crippen LogP contribution in [-0.2, 0) is 6.42 Å². The minimum Gasteiger partial charge on any atom is -0.497 e. The van der Waals surface area contributed by atoms with Gasteiger partial charge in [-0.05, 0) is 54.6 Å². The Bertz CT molecular complexity index is 1170. The second-order valence-electron chi connectivity index (χ2n) is 6.83. The van der Waals surface area contributed by atoms with Gasteiger partial charge in [-0.3, -0.25) is 9.78 Å². The fraction of sp³-hybridized carbons (Fsp3) is 0.125. The van der Waals surface area contributed by atoms with Crippen molar-refractivity contribution in [1.29, 1.82) is 0 Å². The van der Waals surface area contributed by atoms with Crippen molar-refractivity contribution in [1.82, 2.24) is 20.1 Å². The maximum absolute atomic E-state index is 13.0. The fourth-order valence-electron chi connectivity index (χ4n) is 3.19. The fourth-order valence-corrected chi connectivity index (χ4v) is 3.41. The highest BCUT2D eigenvalue weighted by Gasteiger charge is 2.19. The minimum atomic E-state index is -0.233. The number of benzene rings is 2. The Kier molecular flexibility index (Phi) is 6.29. The van der Waals surface area contributed by atoms with Crippen molar-refractivity contribution < 1.29 is 9.53 Å². The lowest BCUT2D eigenvalue weighted by Crippen LogP contribution is -2.28. The zero-order valence-electron chi connectivity index (χ0n) is 17.0. The summed E-state index contributed by atoms with van der Waals surface area (Å²) in [4.78, 5) is 17.3. The normalized spacial score (nSPS) is 10.6. The number of methoxy groups -OCH3 is 1. The van der Waals surface area contributed by atoms with Crippen LogP contribution in [0.4, 0.5) is 0 Å². The van der Waals surface area contributed by atoms with E-state index in [4.69, 9.17) is 16.3 Å². The molecule has 4 aromatic rings. The molecule has 0 bridgehead atoms. The van der Waals surface area contributed by atoms with Crippen molar-refractivity contribution in [2.24, 2.45) is 0 Å². The second kappa shape index (κ2) is 9.45. The van der Waals surface area contributed by atoms with Crippen LogP contribution in [-0.4, -0.2) is 34.3 Å². The summed E-state index contributed by atoms with van der Waals surface area (Å²) < 4.78 is 6.81. The molecular weight excluding hydrogens is 412 g/mol. The molecule has 156 valence electrons. The van der Waals surface area contributed by atoms with Gasteiger partial charge in [-0.1, -0.05) is 29.8 Å². The summed E-state index contributed by atoms with van der Waals surface area (Å²) in [6, 6.07) is 22.3. The Hall–Kier alpha value is -3.64. The Balaban J connectivity index is 1.63. The van der Waals surface area contributed by atoms with E-state index in [1.807, 2.05) is 60.7 Å². The number of aromatic nitrogens is 3. The van der Waals surface area contributed by atoms with Gasteiger partial charge < -0.3 is 10.1 Å². The summed E-state index contributed by atoms with van der Waals surface area (Å²) in [5, 5.41) is 8.14. The van der Waals surface area contributed by atoms with Crippen LogP contribution >= 0.6 is 11.6 Å². The maximum Gasteiger partial charge on any atom is 0.270 e. The molecular formula is C24H21ClN4O2. The monoisotopic (exact) mass is 432 g/mol. The molecule has 7 heteroatoms. The topological polar surface area (TPSA) is 69.0 Å². The van der Waals surface area contributed by atoms with Gasteiger partial charge >= 0.3 is 0 Å². The number of nitrogens with zero attached hydrogens (tertiary/aromatic N) is 3. The Morgan fingerprint density at radius 1 is 1.06 bits per heavy atom. The van der Waals surface area contributed by atoms with Crippen molar-refractivity contribution in [3.05, 3.63) is 95.4 Å². The molecule has 1 N–H and O–H groups in total. The quantitative estimate of drug-likeness (QED) is 0.464. The summed E-state index contributed by atoms with van der Waals surface area (Å²) >= 11 is 6.40. The molecule has 0 unspecified atom stereocenters. The first-order valence-electron chi connectivity index (χ1n) is 9.83. The SMILES string of the molecule is COc1ccc(-c2cc(C(=O)NCCc3ccccn3)n(-c3ccccc3Cl)n2)cc1. The lowest BCUT2D eigenvalue weighted by Gasteiger charge is -2.09. The number of rotatable bonds is 7. The summed E-state index contributed by atoms with van der Waals surface area (Å²) in [6.45, 7) is 0.460. The highest BCUT2D eigenvalue weighted by molar-refractivity contribution is 6.32. The molecule has 0 aliphatic rings. The maximum atomic E-state index is 13.0. The third kappa shape index (κ3) is 4.75. The average Bonchev–Trinajstić information content (AvgIpc) is 3.25. The minimum absolute atomic E-state index is 0.233. The van der Waals surface area contributed by atoms with E-state index in [1.165, 1.54) is 0 Å². The summed E-state index contributed by atoms with van der Waals surface area (Å²) in [7, 11) is 1.62. The number of halogens is 1. The van der Waals surface area contributed by atoms with Crippen molar-refractivity contribution in [2.75, 3.05) is 13.7 Å². The van der Waals surface area contributed by atoms with Crippen LogP contribution in [0.3, 0.4) is 0 Å². The number of carbonyl (C=O) groups is 1. The highest BCUT2D eigenvalue weighted by atomic mass is 35.5. The number of pyridine rings is 1. The molecule has 0 saturated carbocycles. The molecule has 0 atom stereocenters. The van der Waals surface area contributed by atoms with Gasteiger partial charge in [0.05, 0.1) is 23.5 Å². The van der Waals surface area contributed by atoms with E-state index in [0.717, 1.165) is 17.0 Å². The van der Waals surface area contributed by atoms with Crippen molar-refractivity contribution >= 4 is 17.5 Å². The molecule has 0 radical (unpaired) electrons. The number of hydrogen-bond acceptors (Lipinski definition) is 4. The molecule has 2 heterocycles. The van der Waals surface area contributed by atoms with Gasteiger partial charge in [-0.15, -0.1) is 0 Å². The first kappa shape index (κ1) is 20.6. The van der Waals surface area contributed by atoms with Crippen LogP contribution in [0, 0.1) is 0 Å². The molecule has 0 saturated heterocycles. The molecule has 31 heavy (non-hydrogen) atoms. The van der Waals surface area contributed by atoms with Crippen molar-refractivity contribution in [3.63, 3.8) is 0 Å². The number of hydrogen-bond donors (Lipinski definition) is 1. The van der Waals surface area contributed by atoms with E-state index in [0.29, 0.717) is 35.1 Å². The molecule has 4 rings (SSSR count). The van der Waals surface area contributed by atoms with Crippen LogP contribution < -0.4 is 10.1 Å². The Morgan fingerprint density at radius 3 is 2.55 bits per heavy atom. The first-order valence-corrected chi connectivity index (χ1v) is 10.2. The van der Waals surface area contributed by atoms with Gasteiger partial charge in [0.25, 0.3) is 5.91 Å². The van der Waals surface area contributed by atoms with E-state index >= 15 is 0 Å². The summed E-state index contributed by atoms with van der Waals surface area (Å²) in [5.41, 5.74) is 3.49. The zero-order chi connectivity index (χ0) is 21.6. The molecule has 2 aromatic carbocycles. The lowest BCUT2D eigenvalue weighted by atomic mass is 10.1. The standard InChI is InChI=1S/C24H21ClN4O2/c1-31-19-11-9-17(10-12-19)21-16-23(29(28-21)22-8-3-2-7-20(22)25)24(30)27-15-13-18-6-4-5-14-26-18/h2-12,14,16H,13,15H2,1H3,(H,27,30). The van der Waals surface area contributed by atoms with Gasteiger partial charge in [-0.25, -0.2) is 4.68 Å². The van der Waals surface area contributed by atoms with E-state index in [2.05, 4.69) is 15.4 Å². The smallest absolute Gasteiger partial charge is 0.270 e. The predicted octanol–water partition coefficient (Wildman–Crippen LogP) is 4.57. The first-order chi connectivity index (χ1) is 15.2. The van der Waals surface area contributed by atoms with Crippen LogP contribution in [0.1, 0.15) is 16.2 Å². The second-order valence-corrected chi connectivity index (χ2v) is 7.24. The molecule has 0 aliphatic carbocycles. The molecule has 1 amide bonds. The molecule has 0 aliphatic heterocycles. The van der Waals surface area contributed by atoms with Gasteiger partial charge in [-0.2, -0.15) is 5.10 Å². The summed E-state index contributed by atoms with van der Waals surface area (Å²) in [5.74, 6) is 0.518. The van der Waals surface area contributed by atoms with E-state index < -0.39 is 0 Å². The largest absolute Gasteiger partial charge is 0.497 e. The summed E-state index contributed by atoms with van der Waals surface area (Å²) in [6.07, 6.45) is 2.38. The number of amides is 1. The average molecular weight is 433 g/mol. The Labute approximate surface area is 185 Å². The van der Waals surface area contributed by atoms with Crippen LogP contribution in [0.5, 0.6) is 5.75 Å². The van der Waals surface area contributed by atoms with Gasteiger partial charge in [0.1, 0.15) is 11.4 Å². The highest BCUT2D eigenvalue weighted by Crippen LogP contribution is 2.26. The number of nitrogens with one attached hydrogen (secondary N) is 1. The number of ether oxygens (including phenoxy) is 1. The van der Waals surface area contributed by atoms with E-state index in [1.54, 1.807) is 30.1 Å². The van der Waals surface area contributed by atoms with Gasteiger partial charge in [0, 0.05) is 30.4 Å². The molecule has 6 nitrogen and oxygen atoms in total. The van der Waals surface area contributed by atoms with Crippen LogP contribution in [0.25, 0.3) is 16.9 Å². The zero-order valence-corrected chi connectivity index (χ0v) is 17.7. The molecule has 0 spiro atoms. The van der Waals surface area contributed by atoms with Crippen molar-refractivity contribution in [3.8, 4) is 22.7 Å². The number of para-hydroxylation sites is 1. The third-order valence-corrected chi connectivity index (χ3v) is 5.12. The number of carbonyl (C=O) groups excluding carboxylic acids is 1. The van der Waals surface area contributed by atoms with E-state index in [-0.39, 0.29) is 5.91 Å². The lowest BCUT2D eigenvalue weighted by molar-refractivity contribution is 0.0946. The predicted molar refractivity (Wildman–Crippen MR) is 121 cm³/mol. The van der Waals surface area contributed by atoms with Crippen LogP contribution in [0.15, 0.2) is 79.0 Å². The molecule has 2 aromatic heterocycles. The van der Waals surface area contributed by atoms with Gasteiger partial charge in [0.2, 0.25) is 0 Å². The van der Waals surface area contributed by atoms with E-state index in [9.17, 15) is 4.79 Å². The Morgan fingerprint density at radius 2 is 1.84 bits per heavy atom. The molecule has 0 fully saturated rings. The third-order valence-electron chi connectivity index (χ3n) is 4.80. The van der Waals surface area contributed by atoms with Crippen molar-refractivity contribution in [2.45, 2.75) is 6.42 Å². The van der Waals surface area contributed by atoms with Gasteiger partial charge in [0.15, 0.2) is 0 Å². The van der Waals surface area contributed by atoms with Crippen LogP contribution in [0.2, 0.25) is 5.02 Å².